The van der Waals surface area contributed by atoms with Gasteiger partial charge in [0.2, 0.25) is 5.78 Å². The Morgan fingerprint density at radius 1 is 1.17 bits per heavy atom. The fourth-order valence-corrected chi connectivity index (χ4v) is 3.44. The molecule has 6 heteroatoms. The first-order valence-corrected chi connectivity index (χ1v) is 7.98. The maximum Gasteiger partial charge on any atom is 0.337 e. The molecule has 3 rings (SSSR count). The molecule has 0 amide bonds. The third-order valence-corrected chi connectivity index (χ3v) is 4.59. The lowest BCUT2D eigenvalue weighted by atomic mass is 10.0. The molecule has 0 fully saturated rings. The Bertz CT molecular complexity index is 847. The minimum Gasteiger partial charge on any atom is -0.478 e. The van der Waals surface area contributed by atoms with E-state index in [1.165, 1.54) is 17.6 Å². The molecule has 0 bridgehead atoms. The van der Waals surface area contributed by atoms with Gasteiger partial charge in [-0.15, -0.1) is 11.3 Å². The van der Waals surface area contributed by atoms with E-state index in [9.17, 15) is 14.7 Å². The van der Waals surface area contributed by atoms with Crippen LogP contribution in [0.4, 0.5) is 0 Å². The zero-order valence-corrected chi connectivity index (χ0v) is 13.4. The first-order chi connectivity index (χ1) is 11.1. The summed E-state index contributed by atoms with van der Waals surface area (Å²) in [5, 5.41) is 11.9. The molecular weight excluding hydrogens is 336 g/mol. The SMILES string of the molecule is O=C(Cc1scc(-c2ccc(Cl)cc2)c1C(=O)O)c1ccco1. The number of aromatic carboxylic acids is 1. The third-order valence-electron chi connectivity index (χ3n) is 3.35. The Balaban J connectivity index is 1.97. The molecule has 3 aromatic rings. The lowest BCUT2D eigenvalue weighted by Gasteiger charge is -2.03. The topological polar surface area (TPSA) is 67.5 Å². The van der Waals surface area contributed by atoms with Crippen LogP contribution < -0.4 is 0 Å². The summed E-state index contributed by atoms with van der Waals surface area (Å²) in [5.74, 6) is -1.08. The maximum atomic E-state index is 12.1. The number of carboxylic acid groups (broad SMARTS) is 1. The van der Waals surface area contributed by atoms with Crippen molar-refractivity contribution in [3.63, 3.8) is 0 Å². The number of hydrogen-bond donors (Lipinski definition) is 1. The summed E-state index contributed by atoms with van der Waals surface area (Å²) in [6, 6.07) is 10.1. The Hall–Kier alpha value is -2.37. The monoisotopic (exact) mass is 346 g/mol. The van der Waals surface area contributed by atoms with Crippen molar-refractivity contribution < 1.29 is 19.1 Å². The Kier molecular flexibility index (Phi) is 4.32. The van der Waals surface area contributed by atoms with Crippen molar-refractivity contribution in [2.24, 2.45) is 0 Å². The van der Waals surface area contributed by atoms with Gasteiger partial charge in [0.05, 0.1) is 11.8 Å². The summed E-state index contributed by atoms with van der Waals surface area (Å²) < 4.78 is 5.07. The van der Waals surface area contributed by atoms with E-state index >= 15 is 0 Å². The number of ketones is 1. The van der Waals surface area contributed by atoms with Crippen molar-refractivity contribution >= 4 is 34.7 Å². The zero-order chi connectivity index (χ0) is 16.4. The van der Waals surface area contributed by atoms with Gasteiger partial charge >= 0.3 is 5.97 Å². The number of carbonyl (C=O) groups excluding carboxylic acids is 1. The summed E-state index contributed by atoms with van der Waals surface area (Å²) in [6.07, 6.45) is 1.41. The Labute approximate surface area is 140 Å². The molecule has 0 aliphatic carbocycles. The van der Waals surface area contributed by atoms with E-state index in [-0.39, 0.29) is 23.5 Å². The molecular formula is C17H11ClO4S. The molecule has 0 aliphatic heterocycles. The van der Waals surface area contributed by atoms with E-state index in [0.29, 0.717) is 15.5 Å². The summed E-state index contributed by atoms with van der Waals surface area (Å²) in [4.78, 5) is 24.3. The second kappa shape index (κ2) is 6.40. The van der Waals surface area contributed by atoms with Crippen LogP contribution >= 0.6 is 22.9 Å². The predicted octanol–water partition coefficient (Wildman–Crippen LogP) is 4.79. The highest BCUT2D eigenvalue weighted by Crippen LogP contribution is 2.33. The van der Waals surface area contributed by atoms with Gasteiger partial charge in [0.1, 0.15) is 0 Å². The van der Waals surface area contributed by atoms with E-state index in [4.69, 9.17) is 16.0 Å². The molecule has 116 valence electrons. The molecule has 0 saturated heterocycles. The van der Waals surface area contributed by atoms with Crippen molar-refractivity contribution in [1.82, 2.24) is 0 Å². The van der Waals surface area contributed by atoms with Crippen LogP contribution in [0.3, 0.4) is 0 Å². The Morgan fingerprint density at radius 3 is 2.52 bits per heavy atom. The quantitative estimate of drug-likeness (QED) is 0.675. The number of hydrogen-bond acceptors (Lipinski definition) is 4. The van der Waals surface area contributed by atoms with Gasteiger partial charge in [-0.25, -0.2) is 4.79 Å². The van der Waals surface area contributed by atoms with Crippen LogP contribution in [0.15, 0.2) is 52.5 Å². The van der Waals surface area contributed by atoms with Gasteiger partial charge in [-0.3, -0.25) is 4.79 Å². The molecule has 2 heterocycles. The van der Waals surface area contributed by atoms with Crippen LogP contribution in [-0.4, -0.2) is 16.9 Å². The van der Waals surface area contributed by atoms with Crippen LogP contribution in [0.2, 0.25) is 5.02 Å². The molecule has 1 aromatic carbocycles. The van der Waals surface area contributed by atoms with Crippen molar-refractivity contribution in [2.75, 3.05) is 0 Å². The molecule has 4 nitrogen and oxygen atoms in total. The molecule has 0 spiro atoms. The smallest absolute Gasteiger partial charge is 0.337 e. The first-order valence-electron chi connectivity index (χ1n) is 6.72. The minimum absolute atomic E-state index is 0.00654. The fraction of sp³-hybridized carbons (Fsp3) is 0.0588. The minimum atomic E-state index is -1.06. The van der Waals surface area contributed by atoms with E-state index in [0.717, 1.165) is 5.56 Å². The highest BCUT2D eigenvalue weighted by atomic mass is 35.5. The van der Waals surface area contributed by atoms with Crippen molar-refractivity contribution in [2.45, 2.75) is 6.42 Å². The molecule has 0 aliphatic rings. The molecule has 1 N–H and O–H groups in total. The first kappa shape index (κ1) is 15.5. The van der Waals surface area contributed by atoms with E-state index in [1.807, 2.05) is 0 Å². The maximum absolute atomic E-state index is 12.1. The second-order valence-electron chi connectivity index (χ2n) is 4.84. The van der Waals surface area contributed by atoms with E-state index in [2.05, 4.69) is 0 Å². The van der Waals surface area contributed by atoms with Crippen molar-refractivity contribution in [3.05, 3.63) is 69.3 Å². The average Bonchev–Trinajstić information content (AvgIpc) is 3.17. The molecule has 0 unspecified atom stereocenters. The number of rotatable bonds is 5. The zero-order valence-electron chi connectivity index (χ0n) is 11.8. The molecule has 0 saturated carbocycles. The lowest BCUT2D eigenvalue weighted by Crippen LogP contribution is -2.06. The normalized spacial score (nSPS) is 10.7. The van der Waals surface area contributed by atoms with Gasteiger partial charge in [-0.2, -0.15) is 0 Å². The largest absolute Gasteiger partial charge is 0.478 e. The molecule has 23 heavy (non-hydrogen) atoms. The number of halogens is 1. The highest BCUT2D eigenvalue weighted by molar-refractivity contribution is 7.11. The summed E-state index contributed by atoms with van der Waals surface area (Å²) in [6.45, 7) is 0. The standard InChI is InChI=1S/C17H11ClO4S/c18-11-5-3-10(4-6-11)12-9-23-15(16(12)17(20)21)8-13(19)14-2-1-7-22-14/h1-7,9H,8H2,(H,20,21). The van der Waals surface area contributed by atoms with Gasteiger partial charge < -0.3 is 9.52 Å². The number of benzene rings is 1. The number of thiophene rings is 1. The van der Waals surface area contributed by atoms with Gasteiger partial charge in [-0.05, 0) is 35.2 Å². The summed E-state index contributed by atoms with van der Waals surface area (Å²) in [5.41, 5.74) is 1.48. The van der Waals surface area contributed by atoms with Gasteiger partial charge in [-0.1, -0.05) is 23.7 Å². The van der Waals surface area contributed by atoms with Crippen LogP contribution in [0.1, 0.15) is 25.8 Å². The summed E-state index contributed by atoms with van der Waals surface area (Å²) >= 11 is 7.12. The van der Waals surface area contributed by atoms with E-state index < -0.39 is 5.97 Å². The second-order valence-corrected chi connectivity index (χ2v) is 6.24. The van der Waals surface area contributed by atoms with Gasteiger partial charge in [0, 0.05) is 21.9 Å². The van der Waals surface area contributed by atoms with E-state index in [1.54, 1.807) is 41.8 Å². The highest BCUT2D eigenvalue weighted by Gasteiger charge is 2.22. The number of Topliss-reactive ketones (excluding diaryl/α,β-unsaturated/α-hetero) is 1. The predicted molar refractivity (Wildman–Crippen MR) is 88.5 cm³/mol. The Morgan fingerprint density at radius 2 is 1.91 bits per heavy atom. The number of carbonyl (C=O) groups is 2. The fourth-order valence-electron chi connectivity index (χ4n) is 2.27. The van der Waals surface area contributed by atoms with Gasteiger partial charge in [0.15, 0.2) is 5.76 Å². The van der Waals surface area contributed by atoms with Crippen LogP contribution in [0, 0.1) is 0 Å². The lowest BCUT2D eigenvalue weighted by molar-refractivity contribution is 0.0697. The van der Waals surface area contributed by atoms with Crippen molar-refractivity contribution in [3.8, 4) is 11.1 Å². The van der Waals surface area contributed by atoms with Gasteiger partial charge in [0.25, 0.3) is 0 Å². The van der Waals surface area contributed by atoms with Crippen LogP contribution in [-0.2, 0) is 6.42 Å². The number of carboxylic acids is 1. The molecule has 0 radical (unpaired) electrons. The molecule has 0 atom stereocenters. The van der Waals surface area contributed by atoms with Crippen molar-refractivity contribution in [1.29, 1.82) is 0 Å². The summed E-state index contributed by atoms with van der Waals surface area (Å²) in [7, 11) is 0. The van der Waals surface area contributed by atoms with Crippen LogP contribution in [0.25, 0.3) is 11.1 Å². The number of furan rings is 1. The third kappa shape index (κ3) is 3.21. The average molecular weight is 347 g/mol. The molecule has 2 aromatic heterocycles. The van der Waals surface area contributed by atoms with Crippen LogP contribution in [0.5, 0.6) is 0 Å².